The molecule has 0 aliphatic carbocycles. The molecule has 2 aromatic carbocycles. The summed E-state index contributed by atoms with van der Waals surface area (Å²) in [5.41, 5.74) is 3.44. The number of hydrogen-bond donors (Lipinski definition) is 1. The monoisotopic (exact) mass is 263 g/mol. The second-order valence-corrected chi connectivity index (χ2v) is 4.75. The zero-order valence-corrected chi connectivity index (χ0v) is 11.0. The van der Waals surface area contributed by atoms with Crippen molar-refractivity contribution in [1.29, 1.82) is 0 Å². The molecule has 1 N–H and O–H groups in total. The number of hydrogen-bond acceptors (Lipinski definition) is 2. The average Bonchev–Trinajstić information content (AvgIpc) is 2.46. The molecule has 0 radical (unpaired) electrons. The van der Waals surface area contributed by atoms with Crippen LogP contribution >= 0.6 is 0 Å². The van der Waals surface area contributed by atoms with E-state index in [1.165, 1.54) is 0 Å². The normalized spacial score (nSPS) is 10.7. The number of rotatable bonds is 2. The number of aromatic nitrogens is 1. The molecule has 1 heterocycles. The van der Waals surface area contributed by atoms with Crippen LogP contribution in [0.1, 0.15) is 15.9 Å². The van der Waals surface area contributed by atoms with Gasteiger partial charge >= 0.3 is 5.97 Å². The van der Waals surface area contributed by atoms with E-state index in [-0.39, 0.29) is 5.56 Å². The van der Waals surface area contributed by atoms with Crippen LogP contribution in [0.2, 0.25) is 0 Å². The number of carboxylic acids is 1. The van der Waals surface area contributed by atoms with Gasteiger partial charge in [0.15, 0.2) is 0 Å². The lowest BCUT2D eigenvalue weighted by atomic mass is 10.0. The highest BCUT2D eigenvalue weighted by molar-refractivity contribution is 5.99. The Kier molecular flexibility index (Phi) is 2.95. The second kappa shape index (κ2) is 4.78. The zero-order valence-electron chi connectivity index (χ0n) is 11.0. The lowest BCUT2D eigenvalue weighted by Gasteiger charge is -2.08. The zero-order chi connectivity index (χ0) is 14.1. The summed E-state index contributed by atoms with van der Waals surface area (Å²) < 4.78 is 0. The third-order valence-corrected chi connectivity index (χ3v) is 3.25. The van der Waals surface area contributed by atoms with Crippen molar-refractivity contribution in [1.82, 2.24) is 4.98 Å². The van der Waals surface area contributed by atoms with Gasteiger partial charge in [-0.3, -0.25) is 0 Å². The number of carboxylic acid groups (broad SMARTS) is 1. The Bertz CT molecular complexity index is 795. The van der Waals surface area contributed by atoms with Gasteiger partial charge in [0, 0.05) is 10.9 Å². The first-order chi connectivity index (χ1) is 9.65. The molecule has 3 heteroatoms. The number of aromatic carboxylic acids is 1. The van der Waals surface area contributed by atoms with Gasteiger partial charge in [0.1, 0.15) is 0 Å². The average molecular weight is 263 g/mol. The SMILES string of the molecule is Cc1ccc2nc(-c3ccccc3)c(C(=O)O)cc2c1. The molecule has 0 saturated heterocycles. The summed E-state index contributed by atoms with van der Waals surface area (Å²) in [5.74, 6) is -0.959. The fourth-order valence-corrected chi connectivity index (χ4v) is 2.28. The molecule has 0 aliphatic rings. The fraction of sp³-hybridized carbons (Fsp3) is 0.0588. The summed E-state index contributed by atoms with van der Waals surface area (Å²) in [7, 11) is 0. The minimum atomic E-state index is -0.959. The van der Waals surface area contributed by atoms with E-state index in [2.05, 4.69) is 4.98 Å². The minimum Gasteiger partial charge on any atom is -0.478 e. The van der Waals surface area contributed by atoms with Gasteiger partial charge in [0.05, 0.1) is 16.8 Å². The molecule has 0 saturated carbocycles. The molecule has 1 aromatic heterocycles. The number of fused-ring (bicyclic) bond motifs is 1. The van der Waals surface area contributed by atoms with Gasteiger partial charge in [-0.1, -0.05) is 42.0 Å². The highest BCUT2D eigenvalue weighted by atomic mass is 16.4. The number of pyridine rings is 1. The maximum Gasteiger partial charge on any atom is 0.337 e. The van der Waals surface area contributed by atoms with Crippen molar-refractivity contribution in [3.63, 3.8) is 0 Å². The molecule has 98 valence electrons. The maximum absolute atomic E-state index is 11.5. The maximum atomic E-state index is 11.5. The molecule has 0 fully saturated rings. The van der Waals surface area contributed by atoms with E-state index < -0.39 is 5.97 Å². The van der Waals surface area contributed by atoms with Gasteiger partial charge in [0.2, 0.25) is 0 Å². The lowest BCUT2D eigenvalue weighted by molar-refractivity contribution is 0.0697. The number of nitrogens with zero attached hydrogens (tertiary/aromatic N) is 1. The van der Waals surface area contributed by atoms with Gasteiger partial charge < -0.3 is 5.11 Å². The Morgan fingerprint density at radius 1 is 1.05 bits per heavy atom. The van der Waals surface area contributed by atoms with Crippen LogP contribution in [0, 0.1) is 6.92 Å². The standard InChI is InChI=1S/C17H13NO2/c1-11-7-8-15-13(9-11)10-14(17(19)20)16(18-15)12-5-3-2-4-6-12/h2-10H,1H3,(H,19,20). The molecule has 3 rings (SSSR count). The summed E-state index contributed by atoms with van der Waals surface area (Å²) in [6, 6.07) is 16.9. The summed E-state index contributed by atoms with van der Waals surface area (Å²) in [6.45, 7) is 1.98. The van der Waals surface area contributed by atoms with Gasteiger partial charge in [0.25, 0.3) is 0 Å². The first-order valence-electron chi connectivity index (χ1n) is 6.35. The Labute approximate surface area is 116 Å². The molecule has 0 atom stereocenters. The van der Waals surface area contributed by atoms with Crippen LogP contribution < -0.4 is 0 Å². The van der Waals surface area contributed by atoms with Crippen molar-refractivity contribution < 1.29 is 9.90 Å². The summed E-state index contributed by atoms with van der Waals surface area (Å²) >= 11 is 0. The number of benzene rings is 2. The van der Waals surface area contributed by atoms with Crippen molar-refractivity contribution in [3.8, 4) is 11.3 Å². The molecular formula is C17H13NO2. The molecule has 0 unspecified atom stereocenters. The Morgan fingerprint density at radius 2 is 1.80 bits per heavy atom. The molecule has 20 heavy (non-hydrogen) atoms. The van der Waals surface area contributed by atoms with Crippen molar-refractivity contribution in [3.05, 3.63) is 65.7 Å². The molecule has 0 amide bonds. The van der Waals surface area contributed by atoms with Crippen LogP contribution in [0.5, 0.6) is 0 Å². The summed E-state index contributed by atoms with van der Waals surface area (Å²) in [5, 5.41) is 10.3. The van der Waals surface area contributed by atoms with E-state index in [4.69, 9.17) is 0 Å². The van der Waals surface area contributed by atoms with E-state index >= 15 is 0 Å². The molecule has 0 aliphatic heterocycles. The van der Waals surface area contributed by atoms with Crippen molar-refractivity contribution in [2.75, 3.05) is 0 Å². The van der Waals surface area contributed by atoms with Crippen LogP contribution in [-0.4, -0.2) is 16.1 Å². The van der Waals surface area contributed by atoms with Crippen LogP contribution in [0.4, 0.5) is 0 Å². The first-order valence-corrected chi connectivity index (χ1v) is 6.35. The van der Waals surface area contributed by atoms with E-state index in [0.717, 1.165) is 22.0 Å². The predicted molar refractivity (Wildman–Crippen MR) is 78.9 cm³/mol. The fourth-order valence-electron chi connectivity index (χ4n) is 2.28. The number of aryl methyl sites for hydroxylation is 1. The Morgan fingerprint density at radius 3 is 2.50 bits per heavy atom. The third-order valence-electron chi connectivity index (χ3n) is 3.25. The van der Waals surface area contributed by atoms with E-state index in [0.29, 0.717) is 5.69 Å². The Balaban J connectivity index is 2.32. The van der Waals surface area contributed by atoms with Crippen LogP contribution in [0.25, 0.3) is 22.2 Å². The second-order valence-electron chi connectivity index (χ2n) is 4.75. The van der Waals surface area contributed by atoms with Crippen LogP contribution in [0.15, 0.2) is 54.6 Å². The van der Waals surface area contributed by atoms with E-state index in [9.17, 15) is 9.90 Å². The Hall–Kier alpha value is -2.68. The topological polar surface area (TPSA) is 50.2 Å². The molecular weight excluding hydrogens is 250 g/mol. The van der Waals surface area contributed by atoms with Crippen molar-refractivity contribution >= 4 is 16.9 Å². The van der Waals surface area contributed by atoms with Crippen LogP contribution in [-0.2, 0) is 0 Å². The number of carbonyl (C=O) groups is 1. The van der Waals surface area contributed by atoms with E-state index in [1.54, 1.807) is 6.07 Å². The van der Waals surface area contributed by atoms with Gasteiger partial charge in [-0.25, -0.2) is 9.78 Å². The smallest absolute Gasteiger partial charge is 0.337 e. The minimum absolute atomic E-state index is 0.231. The van der Waals surface area contributed by atoms with Crippen molar-refractivity contribution in [2.24, 2.45) is 0 Å². The summed E-state index contributed by atoms with van der Waals surface area (Å²) in [4.78, 5) is 16.0. The summed E-state index contributed by atoms with van der Waals surface area (Å²) in [6.07, 6.45) is 0. The van der Waals surface area contributed by atoms with Gasteiger partial charge in [-0.2, -0.15) is 0 Å². The van der Waals surface area contributed by atoms with Crippen LogP contribution in [0.3, 0.4) is 0 Å². The molecule has 0 spiro atoms. The van der Waals surface area contributed by atoms with Crippen molar-refractivity contribution in [2.45, 2.75) is 6.92 Å². The molecule has 3 aromatic rings. The largest absolute Gasteiger partial charge is 0.478 e. The lowest BCUT2D eigenvalue weighted by Crippen LogP contribution is -2.02. The van der Waals surface area contributed by atoms with Gasteiger partial charge in [-0.15, -0.1) is 0 Å². The molecule has 3 nitrogen and oxygen atoms in total. The quantitative estimate of drug-likeness (QED) is 0.762. The predicted octanol–water partition coefficient (Wildman–Crippen LogP) is 3.91. The molecule has 0 bridgehead atoms. The highest BCUT2D eigenvalue weighted by Gasteiger charge is 2.14. The third kappa shape index (κ3) is 2.14. The first kappa shape index (κ1) is 12.4. The van der Waals surface area contributed by atoms with Gasteiger partial charge in [-0.05, 0) is 25.1 Å². The van der Waals surface area contributed by atoms with E-state index in [1.807, 2.05) is 55.5 Å². The highest BCUT2D eigenvalue weighted by Crippen LogP contribution is 2.26.